The van der Waals surface area contributed by atoms with Crippen molar-refractivity contribution in [1.29, 1.82) is 0 Å². The van der Waals surface area contributed by atoms with Gasteiger partial charge in [-0.3, -0.25) is 9.59 Å². The molecule has 1 aliphatic rings. The Morgan fingerprint density at radius 1 is 1.17 bits per heavy atom. The van der Waals surface area contributed by atoms with Gasteiger partial charge in [0, 0.05) is 24.4 Å². The minimum atomic E-state index is -4.49. The summed E-state index contributed by atoms with van der Waals surface area (Å²) in [6.07, 6.45) is -3.21. The van der Waals surface area contributed by atoms with Crippen LogP contribution in [0.4, 0.5) is 13.2 Å². The van der Waals surface area contributed by atoms with Gasteiger partial charge in [-0.25, -0.2) is 0 Å². The molecule has 1 saturated heterocycles. The van der Waals surface area contributed by atoms with Crippen LogP contribution in [0.15, 0.2) is 0 Å². The quantitative estimate of drug-likeness (QED) is 0.727. The van der Waals surface area contributed by atoms with E-state index >= 15 is 0 Å². The molecule has 3 nitrogen and oxygen atoms in total. The van der Waals surface area contributed by atoms with E-state index < -0.39 is 23.9 Å². The number of piperidine rings is 1. The number of nitrogens with zero attached hydrogens (tertiary/aromatic N) is 1. The normalized spacial score (nSPS) is 23.9. The molecule has 0 saturated carbocycles. The largest absolute Gasteiger partial charge is 0.397 e. The number of hydrogen-bond acceptors (Lipinski definition) is 2. The third kappa shape index (κ3) is 6.10. The maximum absolute atomic E-state index is 12.6. The monoisotopic (exact) mass is 349 g/mol. The number of hydrogen-bond donors (Lipinski definition) is 0. The third-order valence-corrected chi connectivity index (χ3v) is 4.98. The molecular formula is C18H30F3NO2. The molecule has 1 rings (SSSR count). The first-order valence-electron chi connectivity index (χ1n) is 8.74. The molecule has 1 fully saturated rings. The highest BCUT2D eigenvalue weighted by Crippen LogP contribution is 2.33. The second-order valence-corrected chi connectivity index (χ2v) is 8.11. The molecule has 0 aromatic rings. The van der Waals surface area contributed by atoms with Gasteiger partial charge in [-0.1, -0.05) is 41.0 Å². The lowest BCUT2D eigenvalue weighted by molar-refractivity contribution is -0.166. The highest BCUT2D eigenvalue weighted by Gasteiger charge is 2.40. The standard InChI is InChI=1S/C18H30F3NO2/c1-6-13-7-8-14(12(2)9-15(23)17(3,4)5)22(11-13)16(24)10-18(19,20)21/h12-14H,6-11H2,1-5H3. The smallest absolute Gasteiger partial charge is 0.339 e. The van der Waals surface area contributed by atoms with Crippen molar-refractivity contribution in [2.24, 2.45) is 17.3 Å². The van der Waals surface area contributed by atoms with E-state index in [0.717, 1.165) is 12.8 Å². The first-order chi connectivity index (χ1) is 10.8. The third-order valence-electron chi connectivity index (χ3n) is 4.98. The van der Waals surface area contributed by atoms with Gasteiger partial charge in [-0.15, -0.1) is 0 Å². The van der Waals surface area contributed by atoms with Crippen molar-refractivity contribution in [2.75, 3.05) is 6.54 Å². The Kier molecular flexibility index (Phi) is 6.88. The van der Waals surface area contributed by atoms with E-state index in [1.54, 1.807) is 0 Å². The summed E-state index contributed by atoms with van der Waals surface area (Å²) >= 11 is 0. The Balaban J connectivity index is 2.88. The predicted octanol–water partition coefficient (Wildman–Crippen LogP) is 4.60. The van der Waals surface area contributed by atoms with Gasteiger partial charge >= 0.3 is 6.18 Å². The maximum atomic E-state index is 12.6. The Labute approximate surface area is 143 Å². The van der Waals surface area contributed by atoms with Gasteiger partial charge in [0.1, 0.15) is 12.2 Å². The second kappa shape index (κ2) is 7.87. The molecule has 1 aliphatic heterocycles. The number of Topliss-reactive ketones (excluding diaryl/α,β-unsaturated/α-hetero) is 1. The molecule has 24 heavy (non-hydrogen) atoms. The molecule has 1 amide bonds. The van der Waals surface area contributed by atoms with Gasteiger partial charge in [0.05, 0.1) is 0 Å². The zero-order valence-electron chi connectivity index (χ0n) is 15.4. The average molecular weight is 349 g/mol. The Morgan fingerprint density at radius 2 is 1.75 bits per heavy atom. The molecule has 3 unspecified atom stereocenters. The van der Waals surface area contributed by atoms with Gasteiger partial charge in [0.25, 0.3) is 0 Å². The fourth-order valence-corrected chi connectivity index (χ4v) is 3.29. The summed E-state index contributed by atoms with van der Waals surface area (Å²) in [5.74, 6) is -0.674. The van der Waals surface area contributed by atoms with E-state index in [2.05, 4.69) is 0 Å². The molecule has 6 heteroatoms. The molecule has 1 heterocycles. The van der Waals surface area contributed by atoms with Crippen LogP contribution in [0.25, 0.3) is 0 Å². The fraction of sp³-hybridized carbons (Fsp3) is 0.889. The molecule has 0 N–H and O–H groups in total. The van der Waals surface area contributed by atoms with E-state index in [4.69, 9.17) is 0 Å². The number of carbonyl (C=O) groups is 2. The van der Waals surface area contributed by atoms with Crippen molar-refractivity contribution in [1.82, 2.24) is 4.90 Å². The Bertz CT molecular complexity index is 454. The highest BCUT2D eigenvalue weighted by atomic mass is 19.4. The van der Waals surface area contributed by atoms with Crippen LogP contribution in [-0.4, -0.2) is 35.4 Å². The van der Waals surface area contributed by atoms with Gasteiger partial charge in [-0.05, 0) is 24.7 Å². The van der Waals surface area contributed by atoms with Crippen LogP contribution in [0.2, 0.25) is 0 Å². The first kappa shape index (κ1) is 21.0. The molecule has 0 aromatic heterocycles. The first-order valence-corrected chi connectivity index (χ1v) is 8.74. The molecule has 0 aliphatic carbocycles. The fourth-order valence-electron chi connectivity index (χ4n) is 3.29. The molecule has 0 bridgehead atoms. The van der Waals surface area contributed by atoms with E-state index in [1.165, 1.54) is 4.90 Å². The van der Waals surface area contributed by atoms with E-state index in [9.17, 15) is 22.8 Å². The van der Waals surface area contributed by atoms with Gasteiger partial charge < -0.3 is 4.90 Å². The molecule has 3 atom stereocenters. The highest BCUT2D eigenvalue weighted by molar-refractivity contribution is 5.84. The topological polar surface area (TPSA) is 37.4 Å². The number of halogens is 3. The van der Waals surface area contributed by atoms with Crippen molar-refractivity contribution in [3.05, 3.63) is 0 Å². The van der Waals surface area contributed by atoms with Crippen LogP contribution in [0.1, 0.15) is 66.7 Å². The number of likely N-dealkylation sites (tertiary alicyclic amines) is 1. The number of amides is 1. The second-order valence-electron chi connectivity index (χ2n) is 8.11. The summed E-state index contributed by atoms with van der Waals surface area (Å²) in [6.45, 7) is 9.73. The van der Waals surface area contributed by atoms with Gasteiger partial charge in [-0.2, -0.15) is 13.2 Å². The summed E-state index contributed by atoms with van der Waals surface area (Å²) in [4.78, 5) is 25.8. The lowest BCUT2D eigenvalue weighted by atomic mass is 9.79. The average Bonchev–Trinajstić information content (AvgIpc) is 2.43. The zero-order valence-corrected chi connectivity index (χ0v) is 15.4. The van der Waals surface area contributed by atoms with E-state index in [1.807, 2.05) is 34.6 Å². The van der Waals surface area contributed by atoms with Crippen molar-refractivity contribution in [3.63, 3.8) is 0 Å². The number of carbonyl (C=O) groups excluding carboxylic acids is 2. The summed E-state index contributed by atoms with van der Waals surface area (Å²) in [6, 6.07) is -0.283. The molecule has 140 valence electrons. The van der Waals surface area contributed by atoms with Gasteiger partial charge in [0.15, 0.2) is 0 Å². The summed E-state index contributed by atoms with van der Waals surface area (Å²) in [7, 11) is 0. The zero-order chi connectivity index (χ0) is 18.7. The van der Waals surface area contributed by atoms with Crippen molar-refractivity contribution in [3.8, 4) is 0 Å². The predicted molar refractivity (Wildman–Crippen MR) is 87.4 cm³/mol. The number of rotatable bonds is 5. The summed E-state index contributed by atoms with van der Waals surface area (Å²) in [5, 5.41) is 0. The van der Waals surface area contributed by atoms with Crippen LogP contribution < -0.4 is 0 Å². The van der Waals surface area contributed by atoms with Gasteiger partial charge in [0.2, 0.25) is 5.91 Å². The van der Waals surface area contributed by atoms with E-state index in [-0.39, 0.29) is 23.7 Å². The lowest BCUT2D eigenvalue weighted by Crippen LogP contribution is -2.51. The van der Waals surface area contributed by atoms with Crippen molar-refractivity contribution < 1.29 is 22.8 Å². The van der Waals surface area contributed by atoms with E-state index in [0.29, 0.717) is 19.4 Å². The SMILES string of the molecule is CCC1CCC(C(C)CC(=O)C(C)(C)C)N(C(=O)CC(F)(F)F)C1. The summed E-state index contributed by atoms with van der Waals surface area (Å²) in [5.41, 5.74) is -0.476. The Hall–Kier alpha value is -1.07. The van der Waals surface area contributed by atoms with Crippen LogP contribution >= 0.6 is 0 Å². The minimum Gasteiger partial charge on any atom is -0.339 e. The Morgan fingerprint density at radius 3 is 2.21 bits per heavy atom. The molecule has 0 radical (unpaired) electrons. The number of alkyl halides is 3. The molecular weight excluding hydrogens is 319 g/mol. The van der Waals surface area contributed by atoms with Crippen LogP contribution in [-0.2, 0) is 9.59 Å². The lowest BCUT2D eigenvalue weighted by Gasteiger charge is -2.43. The minimum absolute atomic E-state index is 0.0795. The van der Waals surface area contributed by atoms with Crippen LogP contribution in [0.5, 0.6) is 0 Å². The van der Waals surface area contributed by atoms with Crippen LogP contribution in [0.3, 0.4) is 0 Å². The maximum Gasteiger partial charge on any atom is 0.397 e. The van der Waals surface area contributed by atoms with Crippen LogP contribution in [0, 0.1) is 17.3 Å². The number of ketones is 1. The summed E-state index contributed by atoms with van der Waals surface area (Å²) < 4.78 is 37.9. The molecule has 0 spiro atoms. The van der Waals surface area contributed by atoms with Crippen molar-refractivity contribution >= 4 is 11.7 Å². The molecule has 0 aromatic carbocycles. The van der Waals surface area contributed by atoms with Crippen molar-refractivity contribution in [2.45, 2.75) is 78.9 Å².